The molecule has 0 aliphatic heterocycles. The average Bonchev–Trinajstić information content (AvgIpc) is 3.06. The van der Waals surface area contributed by atoms with Gasteiger partial charge in [0.25, 0.3) is 5.69 Å². The van der Waals surface area contributed by atoms with Gasteiger partial charge in [-0.15, -0.1) is 0 Å². The van der Waals surface area contributed by atoms with E-state index in [-0.39, 0.29) is 23.3 Å². The minimum absolute atomic E-state index is 0.0333. The average molecular weight is 256 g/mol. The van der Waals surface area contributed by atoms with Crippen LogP contribution in [0.5, 0.6) is 0 Å². The van der Waals surface area contributed by atoms with Gasteiger partial charge in [0.1, 0.15) is 5.56 Å². The largest absolute Gasteiger partial charge is 0.339 e. The molecule has 0 amide bonds. The van der Waals surface area contributed by atoms with Crippen LogP contribution in [-0.2, 0) is 0 Å². The molecule has 2 aromatic rings. The highest BCUT2D eigenvalue weighted by Crippen LogP contribution is 2.46. The molecule has 2 unspecified atom stereocenters. The second-order valence-electron chi connectivity index (χ2n) is 4.31. The lowest BCUT2D eigenvalue weighted by Crippen LogP contribution is -1.92. The topological polar surface area (TPSA) is 106 Å². The maximum absolute atomic E-state index is 10.9. The van der Waals surface area contributed by atoms with Gasteiger partial charge in [-0.1, -0.05) is 17.3 Å². The molecule has 19 heavy (non-hydrogen) atoms. The van der Waals surface area contributed by atoms with Crippen LogP contribution in [0.15, 0.2) is 28.8 Å². The first-order valence-electron chi connectivity index (χ1n) is 5.67. The Morgan fingerprint density at radius 3 is 2.95 bits per heavy atom. The van der Waals surface area contributed by atoms with E-state index >= 15 is 0 Å². The van der Waals surface area contributed by atoms with Crippen molar-refractivity contribution in [1.82, 2.24) is 10.1 Å². The number of para-hydroxylation sites is 1. The first-order chi connectivity index (χ1) is 9.20. The van der Waals surface area contributed by atoms with E-state index in [1.54, 1.807) is 18.2 Å². The molecule has 1 heterocycles. The molecule has 7 nitrogen and oxygen atoms in total. The molecule has 1 aliphatic rings. The normalized spacial score (nSPS) is 20.8. The van der Waals surface area contributed by atoms with E-state index in [0.717, 1.165) is 0 Å². The second kappa shape index (κ2) is 4.17. The smallest absolute Gasteiger partial charge is 0.280 e. The van der Waals surface area contributed by atoms with Crippen LogP contribution < -0.4 is 0 Å². The molecular weight excluding hydrogens is 248 g/mol. The van der Waals surface area contributed by atoms with Crippen molar-refractivity contribution in [2.24, 2.45) is 5.92 Å². The number of rotatable bonds is 3. The predicted molar refractivity (Wildman–Crippen MR) is 62.8 cm³/mol. The number of nitro benzene ring substituents is 1. The van der Waals surface area contributed by atoms with E-state index in [9.17, 15) is 10.1 Å². The molecule has 7 heteroatoms. The zero-order chi connectivity index (χ0) is 13.4. The van der Waals surface area contributed by atoms with Crippen molar-refractivity contribution in [1.29, 1.82) is 5.26 Å². The predicted octanol–water partition coefficient (Wildman–Crippen LogP) is 2.27. The summed E-state index contributed by atoms with van der Waals surface area (Å²) in [6.45, 7) is 0. The number of benzene rings is 1. The van der Waals surface area contributed by atoms with Gasteiger partial charge in [0.05, 0.1) is 22.8 Å². The monoisotopic (exact) mass is 256 g/mol. The number of hydrogen-bond donors (Lipinski definition) is 0. The summed E-state index contributed by atoms with van der Waals surface area (Å²) in [5.74, 6) is 0.443. The van der Waals surface area contributed by atoms with Gasteiger partial charge >= 0.3 is 0 Å². The highest BCUT2D eigenvalue weighted by atomic mass is 16.6. The van der Waals surface area contributed by atoms with Crippen molar-refractivity contribution in [3.8, 4) is 17.5 Å². The molecule has 0 radical (unpaired) electrons. The Hall–Kier alpha value is -2.75. The number of nitro groups is 1. The van der Waals surface area contributed by atoms with Crippen molar-refractivity contribution in [3.63, 3.8) is 0 Å². The first kappa shape index (κ1) is 11.3. The standard InChI is InChI=1S/C12H8N4O3/c13-6-7-5-9(7)12-14-11(15-19-12)8-3-1-2-4-10(8)16(17)18/h1-4,7,9H,5H2. The van der Waals surface area contributed by atoms with E-state index < -0.39 is 4.92 Å². The van der Waals surface area contributed by atoms with E-state index in [0.29, 0.717) is 17.9 Å². The highest BCUT2D eigenvalue weighted by molar-refractivity contribution is 5.67. The molecule has 0 saturated heterocycles. The van der Waals surface area contributed by atoms with Gasteiger partial charge in [-0.3, -0.25) is 10.1 Å². The molecule has 1 aromatic carbocycles. The number of nitriles is 1. The minimum Gasteiger partial charge on any atom is -0.339 e. The third-order valence-electron chi connectivity index (χ3n) is 3.06. The molecule has 0 spiro atoms. The van der Waals surface area contributed by atoms with Gasteiger partial charge in [-0.2, -0.15) is 10.2 Å². The first-order valence-corrected chi connectivity index (χ1v) is 5.67. The second-order valence-corrected chi connectivity index (χ2v) is 4.31. The summed E-state index contributed by atoms with van der Waals surface area (Å²) in [5, 5.41) is 23.4. The van der Waals surface area contributed by atoms with Crippen molar-refractivity contribution < 1.29 is 9.45 Å². The maximum Gasteiger partial charge on any atom is 0.280 e. The van der Waals surface area contributed by atoms with E-state index in [1.165, 1.54) is 6.07 Å². The highest BCUT2D eigenvalue weighted by Gasteiger charge is 2.43. The third-order valence-corrected chi connectivity index (χ3v) is 3.06. The Morgan fingerprint density at radius 1 is 1.47 bits per heavy atom. The van der Waals surface area contributed by atoms with Gasteiger partial charge in [-0.25, -0.2) is 0 Å². The van der Waals surface area contributed by atoms with Crippen LogP contribution >= 0.6 is 0 Å². The molecule has 1 aliphatic carbocycles. The summed E-state index contributed by atoms with van der Waals surface area (Å²) in [7, 11) is 0. The molecule has 1 aromatic heterocycles. The van der Waals surface area contributed by atoms with Crippen LogP contribution in [-0.4, -0.2) is 15.1 Å². The Balaban J connectivity index is 1.96. The van der Waals surface area contributed by atoms with Crippen LogP contribution in [0.25, 0.3) is 11.4 Å². The lowest BCUT2D eigenvalue weighted by atomic mass is 10.2. The quantitative estimate of drug-likeness (QED) is 0.616. The number of nitrogens with zero attached hydrogens (tertiary/aromatic N) is 4. The SMILES string of the molecule is N#CC1CC1c1nc(-c2ccccc2[N+](=O)[O-])no1. The lowest BCUT2D eigenvalue weighted by Gasteiger charge is -1.96. The summed E-state index contributed by atoms with van der Waals surface area (Å²) in [4.78, 5) is 14.6. The molecule has 2 atom stereocenters. The van der Waals surface area contributed by atoms with Crippen molar-refractivity contribution in [3.05, 3.63) is 40.3 Å². The zero-order valence-electron chi connectivity index (χ0n) is 9.68. The van der Waals surface area contributed by atoms with Gasteiger partial charge in [0.2, 0.25) is 11.7 Å². The molecule has 1 saturated carbocycles. The molecule has 0 bridgehead atoms. The summed E-state index contributed by atoms with van der Waals surface area (Å²) in [6, 6.07) is 8.34. The molecule has 1 fully saturated rings. The van der Waals surface area contributed by atoms with Crippen LogP contribution in [0.2, 0.25) is 0 Å². The number of aromatic nitrogens is 2. The molecule has 0 N–H and O–H groups in total. The maximum atomic E-state index is 10.9. The zero-order valence-corrected chi connectivity index (χ0v) is 9.68. The summed E-state index contributed by atoms with van der Waals surface area (Å²) in [6.07, 6.45) is 0.703. The van der Waals surface area contributed by atoms with Crippen LogP contribution in [0.1, 0.15) is 18.2 Å². The van der Waals surface area contributed by atoms with Crippen molar-refractivity contribution >= 4 is 5.69 Å². The van der Waals surface area contributed by atoms with Crippen LogP contribution in [0.3, 0.4) is 0 Å². The van der Waals surface area contributed by atoms with Crippen LogP contribution in [0.4, 0.5) is 5.69 Å². The Morgan fingerprint density at radius 2 is 2.26 bits per heavy atom. The lowest BCUT2D eigenvalue weighted by molar-refractivity contribution is -0.384. The summed E-state index contributed by atoms with van der Waals surface area (Å²) >= 11 is 0. The van der Waals surface area contributed by atoms with E-state index in [4.69, 9.17) is 9.78 Å². The van der Waals surface area contributed by atoms with Gasteiger partial charge in [0.15, 0.2) is 0 Å². The summed E-state index contributed by atoms with van der Waals surface area (Å²) in [5.41, 5.74) is 0.249. The molecular formula is C12H8N4O3. The third kappa shape index (κ3) is 1.93. The Kier molecular flexibility index (Phi) is 2.49. The Labute approximate surface area is 107 Å². The molecule has 94 valence electrons. The number of hydrogen-bond acceptors (Lipinski definition) is 6. The van der Waals surface area contributed by atoms with Crippen molar-refractivity contribution in [2.45, 2.75) is 12.3 Å². The van der Waals surface area contributed by atoms with E-state index in [2.05, 4.69) is 16.2 Å². The fourth-order valence-electron chi connectivity index (χ4n) is 1.93. The van der Waals surface area contributed by atoms with Crippen molar-refractivity contribution in [2.75, 3.05) is 0 Å². The van der Waals surface area contributed by atoms with Gasteiger partial charge in [0, 0.05) is 6.07 Å². The fourth-order valence-corrected chi connectivity index (χ4v) is 1.93. The van der Waals surface area contributed by atoms with Gasteiger partial charge < -0.3 is 4.52 Å². The van der Waals surface area contributed by atoms with E-state index in [1.807, 2.05) is 0 Å². The van der Waals surface area contributed by atoms with Gasteiger partial charge in [-0.05, 0) is 12.5 Å². The fraction of sp³-hybridized carbons (Fsp3) is 0.250. The van der Waals surface area contributed by atoms with Crippen LogP contribution in [0, 0.1) is 27.4 Å². The Bertz CT molecular complexity index is 688. The molecule has 3 rings (SSSR count). The summed E-state index contributed by atoms with van der Waals surface area (Å²) < 4.78 is 5.07. The minimum atomic E-state index is -0.486.